The van der Waals surface area contributed by atoms with Gasteiger partial charge in [-0.05, 0) is 36.2 Å². The van der Waals surface area contributed by atoms with E-state index in [1.165, 1.54) is 4.90 Å². The second-order valence-electron chi connectivity index (χ2n) is 11.0. The van der Waals surface area contributed by atoms with Crippen molar-refractivity contribution >= 4 is 23.4 Å². The number of anilines is 1. The molecule has 6 rings (SSSR count). The van der Waals surface area contributed by atoms with Crippen LogP contribution >= 0.6 is 0 Å². The van der Waals surface area contributed by atoms with Gasteiger partial charge in [-0.2, -0.15) is 0 Å². The van der Waals surface area contributed by atoms with E-state index in [9.17, 15) is 19.5 Å². The molecular weight excluding hydrogens is 522 g/mol. The Morgan fingerprint density at radius 2 is 1.76 bits per heavy atom. The van der Waals surface area contributed by atoms with Gasteiger partial charge in [-0.3, -0.25) is 14.4 Å². The minimum Gasteiger partial charge on any atom is -0.497 e. The third-order valence-electron chi connectivity index (χ3n) is 8.75. The summed E-state index contributed by atoms with van der Waals surface area (Å²) >= 11 is 0. The summed E-state index contributed by atoms with van der Waals surface area (Å²) in [6.45, 7) is 2.90. The smallest absolute Gasteiger partial charge is 0.253 e. The zero-order chi connectivity index (χ0) is 28.7. The Morgan fingerprint density at radius 1 is 1.00 bits per heavy atom. The van der Waals surface area contributed by atoms with Crippen molar-refractivity contribution in [2.45, 2.75) is 37.1 Å². The highest BCUT2D eigenvalue weighted by atomic mass is 16.5. The van der Waals surface area contributed by atoms with Crippen LogP contribution in [0.15, 0.2) is 78.9 Å². The molecule has 1 unspecified atom stereocenters. The monoisotopic (exact) mass is 557 g/mol. The van der Waals surface area contributed by atoms with Crippen molar-refractivity contribution in [3.63, 3.8) is 0 Å². The standard InChI is InChI=1S/C32H35N3O6/c1-3-17-33-18-7-11-25-26(29(33)37)27-30(38)35(24(20-36)21-9-5-4-6-10-21)28-31(39)34(19-8-16-32(27,28)41-25)22-12-14-23(40-2)15-13-22/h4-16,24-28,36H,3,17-20H2,1-2H3/t24-,25-,26+,27+,28?,32+/m1/s1. The average molecular weight is 558 g/mol. The first-order valence-electron chi connectivity index (χ1n) is 14.2. The summed E-state index contributed by atoms with van der Waals surface area (Å²) in [6, 6.07) is 14.5. The van der Waals surface area contributed by atoms with Gasteiger partial charge in [0.2, 0.25) is 11.8 Å². The lowest BCUT2D eigenvalue weighted by Crippen LogP contribution is -2.56. The summed E-state index contributed by atoms with van der Waals surface area (Å²) in [4.78, 5) is 48.1. The number of aliphatic hydroxyl groups is 1. The summed E-state index contributed by atoms with van der Waals surface area (Å²) in [5, 5.41) is 10.7. The number of amides is 3. The van der Waals surface area contributed by atoms with Crippen molar-refractivity contribution < 1.29 is 29.0 Å². The van der Waals surface area contributed by atoms with Gasteiger partial charge in [-0.25, -0.2) is 0 Å². The van der Waals surface area contributed by atoms with Crippen LogP contribution in [0.5, 0.6) is 5.75 Å². The highest BCUT2D eigenvalue weighted by Gasteiger charge is 2.72. The molecule has 2 saturated heterocycles. The molecule has 4 aliphatic rings. The van der Waals surface area contributed by atoms with Gasteiger partial charge < -0.3 is 29.3 Å². The Bertz CT molecular complexity index is 1380. The van der Waals surface area contributed by atoms with Crippen LogP contribution in [0.25, 0.3) is 0 Å². The van der Waals surface area contributed by atoms with Gasteiger partial charge in [-0.1, -0.05) is 61.6 Å². The van der Waals surface area contributed by atoms with Crippen LogP contribution in [-0.2, 0) is 19.1 Å². The van der Waals surface area contributed by atoms with Gasteiger partial charge in [0, 0.05) is 25.3 Å². The lowest BCUT2D eigenvalue weighted by Gasteiger charge is -2.38. The normalized spacial score (nSPS) is 29.6. The average Bonchev–Trinajstić information content (AvgIpc) is 3.31. The Balaban J connectivity index is 1.49. The first-order chi connectivity index (χ1) is 19.9. The molecule has 2 aromatic carbocycles. The molecule has 0 bridgehead atoms. The fourth-order valence-electron chi connectivity index (χ4n) is 6.96. The van der Waals surface area contributed by atoms with Gasteiger partial charge in [-0.15, -0.1) is 0 Å². The molecule has 6 atom stereocenters. The summed E-state index contributed by atoms with van der Waals surface area (Å²) in [5.41, 5.74) is -0.0278. The van der Waals surface area contributed by atoms with Crippen molar-refractivity contribution in [3.8, 4) is 5.75 Å². The van der Waals surface area contributed by atoms with E-state index in [1.54, 1.807) is 41.2 Å². The zero-order valence-electron chi connectivity index (χ0n) is 23.3. The maximum atomic E-state index is 14.6. The van der Waals surface area contributed by atoms with Crippen LogP contribution in [0.3, 0.4) is 0 Å². The topological polar surface area (TPSA) is 99.6 Å². The van der Waals surface area contributed by atoms with E-state index in [2.05, 4.69) is 0 Å². The molecule has 41 heavy (non-hydrogen) atoms. The van der Waals surface area contributed by atoms with Crippen molar-refractivity contribution in [2.24, 2.45) is 11.8 Å². The number of nitrogens with zero attached hydrogens (tertiary/aromatic N) is 3. The first-order valence-corrected chi connectivity index (χ1v) is 14.2. The fraction of sp³-hybridized carbons (Fsp3) is 0.406. The minimum atomic E-state index is -1.37. The Hall–Kier alpha value is -3.95. The Morgan fingerprint density at radius 3 is 2.44 bits per heavy atom. The lowest BCUT2D eigenvalue weighted by molar-refractivity contribution is -0.147. The molecule has 1 N–H and O–H groups in total. The number of hydrogen-bond acceptors (Lipinski definition) is 6. The second kappa shape index (κ2) is 10.8. The predicted molar refractivity (Wildman–Crippen MR) is 152 cm³/mol. The fourth-order valence-corrected chi connectivity index (χ4v) is 6.96. The molecule has 9 heteroatoms. The van der Waals surface area contributed by atoms with E-state index in [1.807, 2.05) is 61.6 Å². The highest BCUT2D eigenvalue weighted by Crippen LogP contribution is 2.55. The van der Waals surface area contributed by atoms with Crippen molar-refractivity contribution in [2.75, 3.05) is 38.3 Å². The van der Waals surface area contributed by atoms with Gasteiger partial charge in [0.25, 0.3) is 5.91 Å². The summed E-state index contributed by atoms with van der Waals surface area (Å²) in [5.74, 6) is -1.87. The number of ether oxygens (including phenoxy) is 2. The molecule has 0 saturated carbocycles. The van der Waals surface area contributed by atoms with Crippen molar-refractivity contribution in [1.29, 1.82) is 0 Å². The van der Waals surface area contributed by atoms with E-state index < -0.39 is 42.2 Å². The van der Waals surface area contributed by atoms with E-state index in [-0.39, 0.29) is 24.3 Å². The van der Waals surface area contributed by atoms with Crippen molar-refractivity contribution in [3.05, 3.63) is 84.5 Å². The van der Waals surface area contributed by atoms with Crippen molar-refractivity contribution in [1.82, 2.24) is 9.80 Å². The van der Waals surface area contributed by atoms with Gasteiger partial charge in [0.05, 0.1) is 37.7 Å². The number of carbonyl (C=O) groups is 3. The van der Waals surface area contributed by atoms with E-state index >= 15 is 0 Å². The number of likely N-dealkylation sites (tertiary alicyclic amines) is 1. The van der Waals surface area contributed by atoms with Crippen LogP contribution in [0, 0.1) is 11.8 Å². The highest BCUT2D eigenvalue weighted by molar-refractivity contribution is 6.06. The second-order valence-corrected chi connectivity index (χ2v) is 11.0. The maximum Gasteiger partial charge on any atom is 0.253 e. The third kappa shape index (κ3) is 4.26. The Labute approximate surface area is 239 Å². The van der Waals surface area contributed by atoms with Crippen LogP contribution in [0.1, 0.15) is 24.9 Å². The van der Waals surface area contributed by atoms with E-state index in [0.29, 0.717) is 30.1 Å². The molecule has 4 aliphatic heterocycles. The molecule has 214 valence electrons. The third-order valence-corrected chi connectivity index (χ3v) is 8.75. The largest absolute Gasteiger partial charge is 0.497 e. The maximum absolute atomic E-state index is 14.6. The van der Waals surface area contributed by atoms with Crippen LogP contribution in [0.2, 0.25) is 0 Å². The number of methoxy groups -OCH3 is 1. The zero-order valence-corrected chi connectivity index (χ0v) is 23.3. The SMILES string of the molecule is CCCN1CC=C[C@H]2O[C@]34C=CCN(c5ccc(OC)cc5)C(=O)C3N([C@H](CO)c3ccccc3)C(=O)[C@@H]4[C@H]2C1=O. The van der Waals surface area contributed by atoms with Gasteiger partial charge in [0.15, 0.2) is 0 Å². The predicted octanol–water partition coefficient (Wildman–Crippen LogP) is 2.72. The summed E-state index contributed by atoms with van der Waals surface area (Å²) in [7, 11) is 1.58. The molecule has 1 spiro atoms. The molecule has 2 aromatic rings. The summed E-state index contributed by atoms with van der Waals surface area (Å²) in [6.07, 6.45) is 7.60. The van der Waals surface area contributed by atoms with Gasteiger partial charge >= 0.3 is 0 Å². The van der Waals surface area contributed by atoms with E-state index in [4.69, 9.17) is 9.47 Å². The van der Waals surface area contributed by atoms with Crippen LogP contribution < -0.4 is 9.64 Å². The molecule has 3 amide bonds. The molecule has 2 fully saturated rings. The molecular formula is C32H35N3O6. The molecule has 0 aromatic heterocycles. The molecule has 0 radical (unpaired) electrons. The molecule has 4 heterocycles. The molecule has 9 nitrogen and oxygen atoms in total. The molecule has 0 aliphatic carbocycles. The minimum absolute atomic E-state index is 0.143. The van der Waals surface area contributed by atoms with Crippen LogP contribution in [0.4, 0.5) is 5.69 Å². The number of hydrogen-bond donors (Lipinski definition) is 1. The first kappa shape index (κ1) is 27.2. The number of carbonyl (C=O) groups excluding carboxylic acids is 3. The lowest BCUT2D eigenvalue weighted by atomic mass is 9.77. The van der Waals surface area contributed by atoms with Crippen LogP contribution in [-0.4, -0.2) is 83.7 Å². The van der Waals surface area contributed by atoms with Gasteiger partial charge in [0.1, 0.15) is 17.4 Å². The number of fused-ring (bicyclic) bond motifs is 2. The Kier molecular flexibility index (Phi) is 7.17. The number of aliphatic hydroxyl groups excluding tert-OH is 1. The number of benzene rings is 2. The quantitative estimate of drug-likeness (QED) is 0.526. The number of rotatable bonds is 7. The summed E-state index contributed by atoms with van der Waals surface area (Å²) < 4.78 is 12.0. The van der Waals surface area contributed by atoms with E-state index in [0.717, 1.165) is 6.42 Å².